The van der Waals surface area contributed by atoms with Crippen molar-refractivity contribution in [3.63, 3.8) is 0 Å². The summed E-state index contributed by atoms with van der Waals surface area (Å²) in [5.74, 6) is -2.76. The number of allylic oxidation sites excluding steroid dienone is 3. The van der Waals surface area contributed by atoms with E-state index in [0.29, 0.717) is 30.5 Å². The monoisotopic (exact) mass is 515 g/mol. The number of carbonyl (C=O) groups excluding carboxylic acids is 4. The molecular weight excluding hydrogens is 486 g/mol. The number of ether oxygens (including phenoxy) is 2. The van der Waals surface area contributed by atoms with Crippen LogP contribution in [0, 0.1) is 34.0 Å². The Morgan fingerprint density at radius 2 is 2.05 bits per heavy atom. The topological polar surface area (TPSA) is 117 Å². The van der Waals surface area contributed by atoms with Crippen molar-refractivity contribution in [2.24, 2.45) is 34.0 Å². The maximum Gasteiger partial charge on any atom is 0.341 e. The second-order valence-electron chi connectivity index (χ2n) is 11.5. The third-order valence-electron chi connectivity index (χ3n) is 9.34. The molecule has 2 aromatic rings. The van der Waals surface area contributed by atoms with Gasteiger partial charge in [-0.15, -0.1) is 0 Å². The van der Waals surface area contributed by atoms with Gasteiger partial charge in [0.25, 0.3) is 0 Å². The predicted octanol–water partition coefficient (Wildman–Crippen LogP) is 3.29. The van der Waals surface area contributed by atoms with Crippen molar-refractivity contribution in [1.29, 1.82) is 0 Å². The minimum atomic E-state index is -1.40. The van der Waals surface area contributed by atoms with Crippen LogP contribution in [0.15, 0.2) is 61.2 Å². The number of rotatable bonds is 4. The molecule has 1 aliphatic heterocycles. The molecule has 4 aliphatic rings. The van der Waals surface area contributed by atoms with Gasteiger partial charge in [-0.05, 0) is 60.3 Å². The lowest BCUT2D eigenvalue weighted by Gasteiger charge is -2.58. The zero-order valence-electron chi connectivity index (χ0n) is 21.4. The number of esters is 2. The molecule has 0 N–H and O–H groups in total. The molecule has 2 bridgehead atoms. The number of cyclic esters (lactones) is 1. The zero-order chi connectivity index (χ0) is 26.9. The Balaban J connectivity index is 1.33. The molecule has 9 nitrogen and oxygen atoms in total. The van der Waals surface area contributed by atoms with Gasteiger partial charge in [0.15, 0.2) is 11.6 Å². The molecule has 3 heterocycles. The molecule has 2 saturated carbocycles. The van der Waals surface area contributed by atoms with Crippen molar-refractivity contribution in [2.45, 2.75) is 33.1 Å². The first-order valence-corrected chi connectivity index (χ1v) is 12.9. The number of aromatic nitrogens is 3. The van der Waals surface area contributed by atoms with Crippen LogP contribution in [0.25, 0.3) is 5.69 Å². The van der Waals surface area contributed by atoms with Gasteiger partial charge in [-0.2, -0.15) is 5.10 Å². The molecule has 0 radical (unpaired) electrons. The largest absolute Gasteiger partial charge is 0.464 e. The van der Waals surface area contributed by atoms with E-state index in [1.54, 1.807) is 30.7 Å². The molecular formula is C29H29N3O6. The highest BCUT2D eigenvalue weighted by Crippen LogP contribution is 2.66. The normalized spacial score (nSPS) is 33.3. The molecule has 196 valence electrons. The van der Waals surface area contributed by atoms with Crippen molar-refractivity contribution in [2.75, 3.05) is 13.2 Å². The second-order valence-corrected chi connectivity index (χ2v) is 11.5. The van der Waals surface area contributed by atoms with Crippen LogP contribution in [0.4, 0.5) is 0 Å². The van der Waals surface area contributed by atoms with Gasteiger partial charge in [0, 0.05) is 18.3 Å². The van der Waals surface area contributed by atoms with E-state index in [1.165, 1.54) is 10.9 Å². The van der Waals surface area contributed by atoms with E-state index >= 15 is 0 Å². The highest BCUT2D eigenvalue weighted by atomic mass is 16.5. The summed E-state index contributed by atoms with van der Waals surface area (Å²) in [4.78, 5) is 57.7. The molecule has 1 saturated heterocycles. The van der Waals surface area contributed by atoms with Crippen molar-refractivity contribution in [3.8, 4) is 5.69 Å². The lowest BCUT2D eigenvalue weighted by Crippen LogP contribution is -2.66. The van der Waals surface area contributed by atoms with Crippen molar-refractivity contribution >= 4 is 23.5 Å². The van der Waals surface area contributed by atoms with Gasteiger partial charge in [-0.3, -0.25) is 19.4 Å². The lowest BCUT2D eigenvalue weighted by atomic mass is 9.46. The highest BCUT2D eigenvalue weighted by molar-refractivity contribution is 6.16. The summed E-state index contributed by atoms with van der Waals surface area (Å²) in [6.07, 6.45) is 11.2. The minimum Gasteiger partial charge on any atom is -0.464 e. The number of hydrogen-bond donors (Lipinski definition) is 0. The summed E-state index contributed by atoms with van der Waals surface area (Å²) in [6, 6.07) is 3.58. The fraction of sp³-hybridized carbons (Fsp3) is 0.448. The van der Waals surface area contributed by atoms with Crippen LogP contribution >= 0.6 is 0 Å². The fourth-order valence-electron chi connectivity index (χ4n) is 7.35. The van der Waals surface area contributed by atoms with Gasteiger partial charge in [0.05, 0.1) is 35.7 Å². The minimum absolute atomic E-state index is 0.0728. The Morgan fingerprint density at radius 1 is 1.24 bits per heavy atom. The van der Waals surface area contributed by atoms with E-state index in [2.05, 4.69) is 16.7 Å². The number of carbonyl (C=O) groups is 4. The van der Waals surface area contributed by atoms with E-state index < -0.39 is 40.0 Å². The number of Topliss-reactive ketones (excluding diaryl/α,β-unsaturated/α-hetero) is 1. The van der Waals surface area contributed by atoms with Crippen LogP contribution < -0.4 is 0 Å². The maximum atomic E-state index is 13.8. The molecule has 1 unspecified atom stereocenters. The summed E-state index contributed by atoms with van der Waals surface area (Å²) < 4.78 is 13.1. The smallest absolute Gasteiger partial charge is 0.341 e. The molecule has 2 aromatic heterocycles. The zero-order valence-corrected chi connectivity index (χ0v) is 21.4. The molecule has 3 fully saturated rings. The number of fused-ring (bicyclic) bond motifs is 2. The Morgan fingerprint density at radius 3 is 2.82 bits per heavy atom. The Hall–Kier alpha value is -3.88. The number of nitrogens with zero attached hydrogens (tertiary/aromatic N) is 3. The van der Waals surface area contributed by atoms with Crippen LogP contribution in [0.5, 0.6) is 0 Å². The standard InChI is InChI=1S/C29H29N3O6/c1-17-18-6-7-21-28(11-18,24(17)34)26(36)38-16-29(21)22(27(2,3)9-8-23(29)33)15-37-25(35)19-12-31-32(14-19)20-5-4-10-30-13-20/h4-5,8-10,12-14,18,21-22H,1,6-7,11,15-16H2,2-3H3/t18-,21?,22-,28+,29+/m1/s1. The van der Waals surface area contributed by atoms with Crippen LogP contribution in [0.2, 0.25) is 0 Å². The van der Waals surface area contributed by atoms with Crippen molar-refractivity contribution < 1.29 is 28.7 Å². The Labute approximate surface area is 219 Å². The van der Waals surface area contributed by atoms with Gasteiger partial charge in [0.1, 0.15) is 12.0 Å². The molecule has 2 spiro atoms. The third kappa shape index (κ3) is 3.23. The summed E-state index contributed by atoms with van der Waals surface area (Å²) in [6.45, 7) is 7.70. The average molecular weight is 516 g/mol. The third-order valence-corrected chi connectivity index (χ3v) is 9.34. The Bertz CT molecular complexity index is 1410. The van der Waals surface area contributed by atoms with Crippen molar-refractivity contribution in [3.05, 3.63) is 66.8 Å². The summed E-state index contributed by atoms with van der Waals surface area (Å²) in [7, 11) is 0. The van der Waals surface area contributed by atoms with Crippen molar-refractivity contribution in [1.82, 2.24) is 14.8 Å². The highest BCUT2D eigenvalue weighted by Gasteiger charge is 2.73. The molecule has 5 atom stereocenters. The molecule has 3 aliphatic carbocycles. The number of ketones is 2. The summed E-state index contributed by atoms with van der Waals surface area (Å²) >= 11 is 0. The van der Waals surface area contributed by atoms with E-state index in [4.69, 9.17) is 9.47 Å². The van der Waals surface area contributed by atoms with Crippen LogP contribution in [0.3, 0.4) is 0 Å². The first-order valence-electron chi connectivity index (χ1n) is 12.9. The van der Waals surface area contributed by atoms with Gasteiger partial charge < -0.3 is 9.47 Å². The van der Waals surface area contributed by atoms with E-state index in [0.717, 1.165) is 0 Å². The molecule has 0 amide bonds. The molecule has 6 rings (SSSR count). The quantitative estimate of drug-likeness (QED) is 0.346. The molecule has 0 aromatic carbocycles. The maximum absolute atomic E-state index is 13.8. The van der Waals surface area contributed by atoms with Gasteiger partial charge >= 0.3 is 11.9 Å². The molecule has 9 heteroatoms. The lowest BCUT2D eigenvalue weighted by molar-refractivity contribution is -0.205. The SMILES string of the molecule is C=C1C(=O)[C@]23C[C@H]1CCC2[C@]1(COC3=O)C(=O)C=CC(C)(C)[C@H]1COC(=O)c1cnn(-c2cccnc2)c1. The van der Waals surface area contributed by atoms with Gasteiger partial charge in [-0.1, -0.05) is 26.5 Å². The van der Waals surface area contributed by atoms with Crippen LogP contribution in [-0.4, -0.2) is 51.5 Å². The Kier molecular flexibility index (Phi) is 5.35. The average Bonchev–Trinajstić information content (AvgIpc) is 3.48. The van der Waals surface area contributed by atoms with Gasteiger partial charge in [-0.25, -0.2) is 9.48 Å². The number of pyridine rings is 1. The summed E-state index contributed by atoms with van der Waals surface area (Å²) in [5.41, 5.74) is -1.75. The fourth-order valence-corrected chi connectivity index (χ4v) is 7.35. The van der Waals surface area contributed by atoms with Crippen LogP contribution in [-0.2, 0) is 23.9 Å². The van der Waals surface area contributed by atoms with E-state index in [-0.39, 0.29) is 36.3 Å². The van der Waals surface area contributed by atoms with Crippen LogP contribution in [0.1, 0.15) is 43.5 Å². The second kappa shape index (κ2) is 8.31. The van der Waals surface area contributed by atoms with E-state index in [9.17, 15) is 19.2 Å². The first kappa shape index (κ1) is 24.5. The predicted molar refractivity (Wildman–Crippen MR) is 134 cm³/mol. The first-order chi connectivity index (χ1) is 18.1. The molecule has 38 heavy (non-hydrogen) atoms. The van der Waals surface area contributed by atoms with E-state index in [1.807, 2.05) is 26.0 Å². The summed E-state index contributed by atoms with van der Waals surface area (Å²) in [5, 5.41) is 4.24. The van der Waals surface area contributed by atoms with Gasteiger partial charge in [0.2, 0.25) is 0 Å². The number of hydrogen-bond acceptors (Lipinski definition) is 8.